The summed E-state index contributed by atoms with van der Waals surface area (Å²) in [5.74, 6) is 0.0303. The molecule has 7 nitrogen and oxygen atoms in total. The van der Waals surface area contributed by atoms with Crippen molar-refractivity contribution in [3.8, 4) is 0 Å². The lowest BCUT2D eigenvalue weighted by Crippen LogP contribution is -2.41. The maximum Gasteiger partial charge on any atom is 0.229 e. The molecule has 2 heterocycles. The first kappa shape index (κ1) is 19.4. The van der Waals surface area contributed by atoms with E-state index in [4.69, 9.17) is 0 Å². The number of rotatable bonds is 6. The minimum Gasteiger partial charge on any atom is -0.346 e. The lowest BCUT2D eigenvalue weighted by molar-refractivity contribution is -0.135. The number of hydrogen-bond acceptors (Lipinski definition) is 5. The molecule has 0 saturated carbocycles. The number of likely N-dealkylation sites (tertiary alicyclic amines) is 1. The Morgan fingerprint density at radius 3 is 2.60 bits per heavy atom. The first-order chi connectivity index (χ1) is 11.9. The highest BCUT2D eigenvalue weighted by atomic mass is 32.1. The number of piperidine rings is 1. The molecule has 1 saturated heterocycles. The topological polar surface area (TPSA) is 82.6 Å². The summed E-state index contributed by atoms with van der Waals surface area (Å²) in [5, 5.41) is 5.40. The smallest absolute Gasteiger partial charge is 0.229 e. The van der Waals surface area contributed by atoms with Crippen LogP contribution in [0.3, 0.4) is 0 Å². The number of amides is 3. The minimum atomic E-state index is -0.0721. The Bertz CT molecular complexity index is 623. The molecule has 1 fully saturated rings. The van der Waals surface area contributed by atoms with Crippen LogP contribution in [0.15, 0.2) is 5.38 Å². The number of aromatic nitrogens is 1. The summed E-state index contributed by atoms with van der Waals surface area (Å²) in [4.78, 5) is 43.3. The van der Waals surface area contributed by atoms with Crippen LogP contribution in [0.25, 0.3) is 0 Å². The van der Waals surface area contributed by atoms with Gasteiger partial charge in [0.1, 0.15) is 0 Å². The SMILES string of the molecule is CC(=O)N(C)CCCC(=O)N1CCC(C(=O)Nc2nc(C)cs2)CC1. The van der Waals surface area contributed by atoms with Crippen LogP contribution < -0.4 is 5.32 Å². The molecule has 0 unspecified atom stereocenters. The molecule has 1 aromatic heterocycles. The lowest BCUT2D eigenvalue weighted by Gasteiger charge is -2.31. The van der Waals surface area contributed by atoms with Crippen LogP contribution in [-0.4, -0.2) is 59.2 Å². The third-order valence-corrected chi connectivity index (χ3v) is 5.36. The largest absolute Gasteiger partial charge is 0.346 e. The van der Waals surface area contributed by atoms with Gasteiger partial charge in [0.05, 0.1) is 5.69 Å². The molecule has 0 spiro atoms. The van der Waals surface area contributed by atoms with Crippen molar-refractivity contribution in [1.82, 2.24) is 14.8 Å². The molecule has 25 heavy (non-hydrogen) atoms. The van der Waals surface area contributed by atoms with Crippen molar-refractivity contribution < 1.29 is 14.4 Å². The van der Waals surface area contributed by atoms with Crippen LogP contribution in [0.2, 0.25) is 0 Å². The van der Waals surface area contributed by atoms with Crippen molar-refractivity contribution in [2.75, 3.05) is 32.0 Å². The maximum atomic E-state index is 12.3. The molecule has 0 radical (unpaired) electrons. The normalized spacial score (nSPS) is 15.1. The number of nitrogens with zero attached hydrogens (tertiary/aromatic N) is 3. The van der Waals surface area contributed by atoms with Gasteiger partial charge in [-0.3, -0.25) is 14.4 Å². The van der Waals surface area contributed by atoms with E-state index in [2.05, 4.69) is 10.3 Å². The van der Waals surface area contributed by atoms with Gasteiger partial charge in [0.25, 0.3) is 0 Å². The van der Waals surface area contributed by atoms with E-state index < -0.39 is 0 Å². The highest BCUT2D eigenvalue weighted by Crippen LogP contribution is 2.21. The van der Waals surface area contributed by atoms with Gasteiger partial charge in [0.2, 0.25) is 17.7 Å². The van der Waals surface area contributed by atoms with Gasteiger partial charge in [-0.25, -0.2) is 4.98 Å². The van der Waals surface area contributed by atoms with Gasteiger partial charge < -0.3 is 15.1 Å². The second-order valence-electron chi connectivity index (χ2n) is 6.48. The molecule has 138 valence electrons. The van der Waals surface area contributed by atoms with Crippen LogP contribution in [-0.2, 0) is 14.4 Å². The first-order valence-corrected chi connectivity index (χ1v) is 9.47. The van der Waals surface area contributed by atoms with Crippen LogP contribution in [0.5, 0.6) is 0 Å². The molecule has 2 rings (SSSR count). The number of thiazole rings is 1. The van der Waals surface area contributed by atoms with E-state index in [1.165, 1.54) is 18.3 Å². The zero-order valence-corrected chi connectivity index (χ0v) is 15.9. The highest BCUT2D eigenvalue weighted by molar-refractivity contribution is 7.13. The van der Waals surface area contributed by atoms with E-state index in [1.54, 1.807) is 11.9 Å². The summed E-state index contributed by atoms with van der Waals surface area (Å²) in [7, 11) is 1.74. The second kappa shape index (κ2) is 8.94. The third kappa shape index (κ3) is 5.81. The molecule has 0 aromatic carbocycles. The molecule has 3 amide bonds. The fourth-order valence-electron chi connectivity index (χ4n) is 2.79. The van der Waals surface area contributed by atoms with Crippen LogP contribution in [0.1, 0.15) is 38.3 Å². The van der Waals surface area contributed by atoms with Gasteiger partial charge in [0.15, 0.2) is 5.13 Å². The first-order valence-electron chi connectivity index (χ1n) is 8.59. The average molecular weight is 366 g/mol. The number of aryl methyl sites for hydroxylation is 1. The molecule has 8 heteroatoms. The summed E-state index contributed by atoms with van der Waals surface area (Å²) in [6.07, 6.45) is 2.45. The van der Waals surface area contributed by atoms with E-state index in [9.17, 15) is 14.4 Å². The van der Waals surface area contributed by atoms with Crippen LogP contribution in [0, 0.1) is 12.8 Å². The molecule has 0 atom stereocenters. The fraction of sp³-hybridized carbons (Fsp3) is 0.647. The Morgan fingerprint density at radius 1 is 1.36 bits per heavy atom. The third-order valence-electron chi connectivity index (χ3n) is 4.49. The Labute approximate surface area is 152 Å². The summed E-state index contributed by atoms with van der Waals surface area (Å²) < 4.78 is 0. The summed E-state index contributed by atoms with van der Waals surface area (Å²) >= 11 is 1.43. The quantitative estimate of drug-likeness (QED) is 0.833. The average Bonchev–Trinajstić information content (AvgIpc) is 2.99. The fourth-order valence-corrected chi connectivity index (χ4v) is 3.48. The predicted octanol–water partition coefficient (Wildman–Crippen LogP) is 1.89. The van der Waals surface area contributed by atoms with Crippen molar-refractivity contribution in [2.45, 2.75) is 39.5 Å². The number of anilines is 1. The number of carbonyl (C=O) groups excluding carboxylic acids is 3. The maximum absolute atomic E-state index is 12.3. The van der Waals surface area contributed by atoms with Gasteiger partial charge in [-0.2, -0.15) is 0 Å². The van der Waals surface area contributed by atoms with Crippen molar-refractivity contribution in [3.05, 3.63) is 11.1 Å². The Balaban J connectivity index is 1.70. The minimum absolute atomic E-state index is 0.00898. The van der Waals surface area contributed by atoms with Gasteiger partial charge in [-0.15, -0.1) is 11.3 Å². The van der Waals surface area contributed by atoms with Crippen LogP contribution in [0.4, 0.5) is 5.13 Å². The zero-order chi connectivity index (χ0) is 18.4. The Hall–Kier alpha value is -1.96. The van der Waals surface area contributed by atoms with Gasteiger partial charge in [0, 0.05) is 51.3 Å². The van der Waals surface area contributed by atoms with Gasteiger partial charge in [-0.05, 0) is 26.2 Å². The van der Waals surface area contributed by atoms with E-state index >= 15 is 0 Å². The van der Waals surface area contributed by atoms with Crippen molar-refractivity contribution in [3.63, 3.8) is 0 Å². The number of nitrogens with one attached hydrogen (secondary N) is 1. The number of hydrogen-bond donors (Lipinski definition) is 1. The molecule has 1 N–H and O–H groups in total. The second-order valence-corrected chi connectivity index (χ2v) is 7.34. The van der Waals surface area contributed by atoms with Gasteiger partial charge >= 0.3 is 0 Å². The van der Waals surface area contributed by atoms with Crippen molar-refractivity contribution in [1.29, 1.82) is 0 Å². The van der Waals surface area contributed by atoms with E-state index in [1.807, 2.05) is 17.2 Å². The summed E-state index contributed by atoms with van der Waals surface area (Å²) in [5.41, 5.74) is 0.899. The van der Waals surface area contributed by atoms with E-state index in [0.717, 1.165) is 5.69 Å². The monoisotopic (exact) mass is 366 g/mol. The number of carbonyl (C=O) groups is 3. The summed E-state index contributed by atoms with van der Waals surface area (Å²) in [6, 6.07) is 0. The molecule has 0 aliphatic carbocycles. The van der Waals surface area contributed by atoms with Crippen LogP contribution >= 0.6 is 11.3 Å². The predicted molar refractivity (Wildman–Crippen MR) is 97.3 cm³/mol. The molecule has 1 aromatic rings. The van der Waals surface area contributed by atoms with Crippen molar-refractivity contribution in [2.24, 2.45) is 5.92 Å². The molecule has 1 aliphatic rings. The Morgan fingerprint density at radius 2 is 2.04 bits per heavy atom. The highest BCUT2D eigenvalue weighted by Gasteiger charge is 2.27. The van der Waals surface area contributed by atoms with E-state index in [-0.39, 0.29) is 23.6 Å². The molecule has 1 aliphatic heterocycles. The molecular weight excluding hydrogens is 340 g/mol. The van der Waals surface area contributed by atoms with E-state index in [0.29, 0.717) is 50.4 Å². The van der Waals surface area contributed by atoms with Crippen molar-refractivity contribution >= 4 is 34.2 Å². The molecular formula is C17H26N4O3S. The lowest BCUT2D eigenvalue weighted by atomic mass is 9.95. The molecule has 0 bridgehead atoms. The van der Waals surface area contributed by atoms with Gasteiger partial charge in [-0.1, -0.05) is 0 Å². The standard InChI is InChI=1S/C17H26N4O3S/c1-12-11-25-17(18-12)19-16(24)14-6-9-21(10-7-14)15(23)5-4-8-20(3)13(2)22/h11,14H,4-10H2,1-3H3,(H,18,19,24). The Kier molecular flexibility index (Phi) is 6.92. The zero-order valence-electron chi connectivity index (χ0n) is 15.1. The summed E-state index contributed by atoms with van der Waals surface area (Å²) in [6.45, 7) is 5.22.